The van der Waals surface area contributed by atoms with Gasteiger partial charge in [-0.05, 0) is 35.9 Å². The number of aromatic nitrogens is 2. The second-order valence-electron chi connectivity index (χ2n) is 4.79. The highest BCUT2D eigenvalue weighted by atomic mass is 19.1. The van der Waals surface area contributed by atoms with Gasteiger partial charge < -0.3 is 9.88 Å². The summed E-state index contributed by atoms with van der Waals surface area (Å²) in [6.07, 6.45) is 5.47. The Kier molecular flexibility index (Phi) is 4.07. The van der Waals surface area contributed by atoms with Gasteiger partial charge in [0.1, 0.15) is 5.82 Å². The fraction of sp³-hybridized carbons (Fsp3) is 0.118. The molecule has 0 saturated carbocycles. The lowest BCUT2D eigenvalue weighted by molar-refractivity contribution is 0.610. The lowest BCUT2D eigenvalue weighted by Gasteiger charge is -2.11. The molecule has 0 bridgehead atoms. The molecule has 4 heteroatoms. The number of rotatable bonds is 5. The maximum atomic E-state index is 13.9. The summed E-state index contributed by atoms with van der Waals surface area (Å²) in [5, 5.41) is 3.35. The topological polar surface area (TPSA) is 29.9 Å². The number of para-hydroxylation sites is 1. The van der Waals surface area contributed by atoms with E-state index >= 15 is 0 Å². The minimum absolute atomic E-state index is 0.220. The van der Waals surface area contributed by atoms with Gasteiger partial charge in [-0.25, -0.2) is 4.39 Å². The maximum absolute atomic E-state index is 13.9. The minimum Gasteiger partial charge on any atom is -0.317 e. The summed E-state index contributed by atoms with van der Waals surface area (Å²) in [6.45, 7) is 1.40. The van der Waals surface area contributed by atoms with E-state index in [1.165, 1.54) is 6.07 Å². The first-order valence-corrected chi connectivity index (χ1v) is 6.85. The molecule has 0 unspecified atom stereocenters. The van der Waals surface area contributed by atoms with Crippen LogP contribution in [0.2, 0.25) is 0 Å². The molecule has 2 heterocycles. The summed E-state index contributed by atoms with van der Waals surface area (Å²) in [4.78, 5) is 4.08. The van der Waals surface area contributed by atoms with Crippen LogP contribution in [0.3, 0.4) is 0 Å². The Morgan fingerprint density at radius 3 is 2.71 bits per heavy atom. The van der Waals surface area contributed by atoms with Crippen LogP contribution >= 0.6 is 0 Å². The van der Waals surface area contributed by atoms with Crippen LogP contribution in [0.15, 0.2) is 67.1 Å². The molecular weight excluding hydrogens is 265 g/mol. The van der Waals surface area contributed by atoms with Crippen molar-refractivity contribution in [3.05, 3.63) is 84.2 Å². The molecule has 0 atom stereocenters. The zero-order valence-electron chi connectivity index (χ0n) is 11.5. The molecule has 1 N–H and O–H groups in total. The summed E-state index contributed by atoms with van der Waals surface area (Å²) < 4.78 is 15.7. The molecule has 3 nitrogen and oxygen atoms in total. The highest BCUT2D eigenvalue weighted by molar-refractivity contribution is 5.36. The standard InChI is InChI=1S/C17H16FN3/c18-16-7-1-2-8-17(16)21-10-4-6-15(21)13-20-12-14-5-3-9-19-11-14/h1-11,20H,12-13H2. The van der Waals surface area contributed by atoms with Crippen molar-refractivity contribution < 1.29 is 4.39 Å². The van der Waals surface area contributed by atoms with Gasteiger partial charge in [-0.1, -0.05) is 18.2 Å². The molecule has 3 aromatic rings. The van der Waals surface area contributed by atoms with E-state index in [1.807, 2.05) is 47.3 Å². The second-order valence-corrected chi connectivity index (χ2v) is 4.79. The third kappa shape index (κ3) is 3.17. The first-order chi connectivity index (χ1) is 10.3. The number of halogens is 1. The Hall–Kier alpha value is -2.46. The molecule has 3 rings (SSSR count). The number of hydrogen-bond donors (Lipinski definition) is 1. The first kappa shape index (κ1) is 13.5. The van der Waals surface area contributed by atoms with Gasteiger partial charge >= 0.3 is 0 Å². The van der Waals surface area contributed by atoms with Gasteiger partial charge in [-0.15, -0.1) is 0 Å². The first-order valence-electron chi connectivity index (χ1n) is 6.85. The molecular formula is C17H16FN3. The SMILES string of the molecule is Fc1ccccc1-n1cccc1CNCc1cccnc1. The molecule has 2 aromatic heterocycles. The Morgan fingerprint density at radius 2 is 1.90 bits per heavy atom. The lowest BCUT2D eigenvalue weighted by atomic mass is 10.2. The molecule has 0 aliphatic heterocycles. The minimum atomic E-state index is -0.220. The third-order valence-corrected chi connectivity index (χ3v) is 3.30. The highest BCUT2D eigenvalue weighted by Crippen LogP contribution is 2.16. The van der Waals surface area contributed by atoms with Gasteiger partial charge in [0, 0.05) is 37.4 Å². The van der Waals surface area contributed by atoms with Crippen molar-refractivity contribution in [3.63, 3.8) is 0 Å². The number of nitrogens with one attached hydrogen (secondary N) is 1. The van der Waals surface area contributed by atoms with E-state index in [1.54, 1.807) is 18.3 Å². The van der Waals surface area contributed by atoms with E-state index < -0.39 is 0 Å². The summed E-state index contributed by atoms with van der Waals surface area (Å²) >= 11 is 0. The number of pyridine rings is 1. The smallest absolute Gasteiger partial charge is 0.147 e. The fourth-order valence-electron chi connectivity index (χ4n) is 2.28. The summed E-state index contributed by atoms with van der Waals surface area (Å²) in [7, 11) is 0. The van der Waals surface area contributed by atoms with Crippen LogP contribution in [-0.4, -0.2) is 9.55 Å². The molecule has 0 spiro atoms. The highest BCUT2D eigenvalue weighted by Gasteiger charge is 2.07. The van der Waals surface area contributed by atoms with Crippen LogP contribution in [0.5, 0.6) is 0 Å². The number of nitrogens with zero attached hydrogens (tertiary/aromatic N) is 2. The molecule has 0 aliphatic carbocycles. The lowest BCUT2D eigenvalue weighted by Crippen LogP contribution is -2.15. The van der Waals surface area contributed by atoms with Crippen LogP contribution in [0.4, 0.5) is 4.39 Å². The van der Waals surface area contributed by atoms with Gasteiger partial charge in [-0.2, -0.15) is 0 Å². The van der Waals surface area contributed by atoms with Crippen molar-refractivity contribution in [3.8, 4) is 5.69 Å². The summed E-state index contributed by atoms with van der Waals surface area (Å²) in [5.41, 5.74) is 2.71. The maximum Gasteiger partial charge on any atom is 0.147 e. The van der Waals surface area contributed by atoms with Crippen LogP contribution in [-0.2, 0) is 13.1 Å². The average molecular weight is 281 g/mol. The molecule has 21 heavy (non-hydrogen) atoms. The largest absolute Gasteiger partial charge is 0.317 e. The van der Waals surface area contributed by atoms with Gasteiger partial charge in [0.25, 0.3) is 0 Å². The third-order valence-electron chi connectivity index (χ3n) is 3.30. The monoisotopic (exact) mass is 281 g/mol. The van der Waals surface area contributed by atoms with Crippen LogP contribution in [0, 0.1) is 5.82 Å². The van der Waals surface area contributed by atoms with Gasteiger partial charge in [0.05, 0.1) is 5.69 Å². The van der Waals surface area contributed by atoms with E-state index in [9.17, 15) is 4.39 Å². The molecule has 1 aromatic carbocycles. The van der Waals surface area contributed by atoms with E-state index in [2.05, 4.69) is 10.3 Å². The van der Waals surface area contributed by atoms with Crippen molar-refractivity contribution in [2.45, 2.75) is 13.1 Å². The van der Waals surface area contributed by atoms with E-state index in [0.717, 1.165) is 17.8 Å². The van der Waals surface area contributed by atoms with Gasteiger partial charge in [0.2, 0.25) is 0 Å². The zero-order chi connectivity index (χ0) is 14.5. The van der Waals surface area contributed by atoms with Crippen molar-refractivity contribution in [1.29, 1.82) is 0 Å². The Bertz CT molecular complexity index is 707. The predicted octanol–water partition coefficient (Wildman–Crippen LogP) is 3.30. The average Bonchev–Trinajstić information content (AvgIpc) is 2.97. The number of hydrogen-bond acceptors (Lipinski definition) is 2. The van der Waals surface area contributed by atoms with Crippen molar-refractivity contribution >= 4 is 0 Å². The molecule has 0 fully saturated rings. The molecule has 0 radical (unpaired) electrons. The summed E-state index contributed by atoms with van der Waals surface area (Å²) in [6, 6.07) is 14.6. The summed E-state index contributed by atoms with van der Waals surface area (Å²) in [5.74, 6) is -0.220. The molecule has 0 amide bonds. The fourth-order valence-corrected chi connectivity index (χ4v) is 2.28. The second kappa shape index (κ2) is 6.33. The Balaban J connectivity index is 1.70. The van der Waals surface area contributed by atoms with Gasteiger partial charge in [-0.3, -0.25) is 4.98 Å². The number of benzene rings is 1. The normalized spacial score (nSPS) is 10.7. The molecule has 0 aliphatic rings. The van der Waals surface area contributed by atoms with Crippen molar-refractivity contribution in [2.75, 3.05) is 0 Å². The van der Waals surface area contributed by atoms with Crippen molar-refractivity contribution in [2.24, 2.45) is 0 Å². The van der Waals surface area contributed by atoms with E-state index in [0.29, 0.717) is 12.2 Å². The Morgan fingerprint density at radius 1 is 1.00 bits per heavy atom. The molecule has 106 valence electrons. The van der Waals surface area contributed by atoms with Gasteiger partial charge in [0.15, 0.2) is 0 Å². The quantitative estimate of drug-likeness (QED) is 0.777. The van der Waals surface area contributed by atoms with Crippen LogP contribution in [0.25, 0.3) is 5.69 Å². The predicted molar refractivity (Wildman–Crippen MR) is 80.5 cm³/mol. The van der Waals surface area contributed by atoms with Crippen molar-refractivity contribution in [1.82, 2.24) is 14.9 Å². The molecule has 0 saturated heterocycles. The Labute approximate surface area is 123 Å². The van der Waals surface area contributed by atoms with E-state index in [-0.39, 0.29) is 5.82 Å². The van der Waals surface area contributed by atoms with E-state index in [4.69, 9.17) is 0 Å². The van der Waals surface area contributed by atoms with Crippen LogP contribution in [0.1, 0.15) is 11.3 Å². The zero-order valence-corrected chi connectivity index (χ0v) is 11.5. The van der Waals surface area contributed by atoms with Crippen LogP contribution < -0.4 is 5.32 Å².